The second kappa shape index (κ2) is 7.76. The van der Waals surface area contributed by atoms with E-state index in [2.05, 4.69) is 35.3 Å². The molecule has 6 nitrogen and oxygen atoms in total. The van der Waals surface area contributed by atoms with Crippen LogP contribution in [-0.2, 0) is 4.79 Å². The van der Waals surface area contributed by atoms with Gasteiger partial charge in [0.1, 0.15) is 0 Å². The number of hydrogen-bond acceptors (Lipinski definition) is 3. The van der Waals surface area contributed by atoms with Gasteiger partial charge in [-0.15, -0.1) is 0 Å². The Labute approximate surface area is 148 Å². The van der Waals surface area contributed by atoms with E-state index >= 15 is 0 Å². The van der Waals surface area contributed by atoms with Crippen molar-refractivity contribution < 1.29 is 14.7 Å². The average Bonchev–Trinajstić information content (AvgIpc) is 2.63. The zero-order valence-corrected chi connectivity index (χ0v) is 14.8. The first kappa shape index (κ1) is 17.6. The molecule has 2 N–H and O–H groups in total. The third-order valence-electron chi connectivity index (χ3n) is 5.43. The molecule has 2 aliphatic rings. The van der Waals surface area contributed by atoms with E-state index in [1.165, 1.54) is 11.3 Å². The summed E-state index contributed by atoms with van der Waals surface area (Å²) in [6.07, 6.45) is 2.82. The van der Waals surface area contributed by atoms with E-state index in [-0.39, 0.29) is 18.0 Å². The lowest BCUT2D eigenvalue weighted by molar-refractivity contribution is -0.142. The van der Waals surface area contributed by atoms with Crippen molar-refractivity contribution in [1.82, 2.24) is 10.2 Å². The van der Waals surface area contributed by atoms with Crippen LogP contribution in [0.15, 0.2) is 24.3 Å². The van der Waals surface area contributed by atoms with Gasteiger partial charge >= 0.3 is 12.0 Å². The summed E-state index contributed by atoms with van der Waals surface area (Å²) < 4.78 is 0. The Hall–Kier alpha value is -2.24. The molecule has 1 saturated carbocycles. The van der Waals surface area contributed by atoms with E-state index in [0.717, 1.165) is 25.9 Å². The number of benzene rings is 1. The Bertz CT molecular complexity index is 618. The van der Waals surface area contributed by atoms with Crippen molar-refractivity contribution in [1.29, 1.82) is 0 Å². The fourth-order valence-corrected chi connectivity index (χ4v) is 3.82. The van der Waals surface area contributed by atoms with Gasteiger partial charge in [0.15, 0.2) is 0 Å². The number of carboxylic acid groups (broad SMARTS) is 1. The molecular formula is C19H27N3O3. The molecule has 1 aromatic carbocycles. The fraction of sp³-hybridized carbons (Fsp3) is 0.579. The molecule has 2 fully saturated rings. The molecule has 1 heterocycles. The van der Waals surface area contributed by atoms with Crippen LogP contribution in [0.4, 0.5) is 10.5 Å². The Morgan fingerprint density at radius 2 is 1.68 bits per heavy atom. The standard InChI is InChI=1S/C19H27N3O3/c1-14-4-2-3-5-17(14)21-10-12-22(13-11-21)19(25)20-16-8-6-15(7-9-16)18(23)24/h2-5,15-16H,6-13H2,1H3,(H,20,25)(H,23,24). The monoisotopic (exact) mass is 345 g/mol. The molecule has 25 heavy (non-hydrogen) atoms. The van der Waals surface area contributed by atoms with Gasteiger partial charge in [-0.1, -0.05) is 18.2 Å². The summed E-state index contributed by atoms with van der Waals surface area (Å²) in [6, 6.07) is 8.44. The van der Waals surface area contributed by atoms with Gasteiger partial charge in [0.2, 0.25) is 0 Å². The van der Waals surface area contributed by atoms with Gasteiger partial charge < -0.3 is 20.2 Å². The number of amides is 2. The van der Waals surface area contributed by atoms with E-state index in [4.69, 9.17) is 5.11 Å². The van der Waals surface area contributed by atoms with Crippen LogP contribution in [0.5, 0.6) is 0 Å². The van der Waals surface area contributed by atoms with Gasteiger partial charge in [-0.3, -0.25) is 4.79 Å². The third kappa shape index (κ3) is 4.24. The summed E-state index contributed by atoms with van der Waals surface area (Å²) in [5.74, 6) is -0.956. The summed E-state index contributed by atoms with van der Waals surface area (Å²) in [4.78, 5) is 27.7. The van der Waals surface area contributed by atoms with Crippen LogP contribution in [0, 0.1) is 12.8 Å². The number of aryl methyl sites for hydroxylation is 1. The lowest BCUT2D eigenvalue weighted by Gasteiger charge is -2.38. The summed E-state index contributed by atoms with van der Waals surface area (Å²) >= 11 is 0. The quantitative estimate of drug-likeness (QED) is 0.883. The van der Waals surface area contributed by atoms with E-state index in [1.807, 2.05) is 11.0 Å². The maximum Gasteiger partial charge on any atom is 0.317 e. The summed E-state index contributed by atoms with van der Waals surface area (Å²) in [5, 5.41) is 12.1. The molecule has 0 unspecified atom stereocenters. The Morgan fingerprint density at radius 1 is 1.04 bits per heavy atom. The van der Waals surface area contributed by atoms with E-state index in [9.17, 15) is 9.59 Å². The molecule has 0 bridgehead atoms. The second-order valence-corrected chi connectivity index (χ2v) is 7.10. The van der Waals surface area contributed by atoms with Crippen LogP contribution in [0.25, 0.3) is 0 Å². The molecule has 1 aliphatic heterocycles. The van der Waals surface area contributed by atoms with E-state index in [1.54, 1.807) is 0 Å². The number of piperazine rings is 1. The predicted octanol–water partition coefficient (Wildman–Crippen LogP) is 2.47. The number of aliphatic carboxylic acids is 1. The lowest BCUT2D eigenvalue weighted by Crippen LogP contribution is -2.54. The van der Waals surface area contributed by atoms with Crippen molar-refractivity contribution in [2.75, 3.05) is 31.1 Å². The predicted molar refractivity (Wildman–Crippen MR) is 96.9 cm³/mol. The normalized spacial score (nSPS) is 24.0. The number of urea groups is 1. The number of nitrogens with one attached hydrogen (secondary N) is 1. The minimum Gasteiger partial charge on any atom is -0.481 e. The maximum atomic E-state index is 12.5. The van der Waals surface area contributed by atoms with Crippen molar-refractivity contribution in [2.45, 2.75) is 38.6 Å². The molecule has 1 saturated heterocycles. The van der Waals surface area contributed by atoms with Crippen LogP contribution in [0.1, 0.15) is 31.2 Å². The molecule has 0 aromatic heterocycles. The molecule has 136 valence electrons. The number of carboxylic acids is 1. The van der Waals surface area contributed by atoms with Gasteiger partial charge in [0, 0.05) is 37.9 Å². The van der Waals surface area contributed by atoms with E-state index in [0.29, 0.717) is 25.9 Å². The molecule has 0 radical (unpaired) electrons. The van der Waals surface area contributed by atoms with Gasteiger partial charge in [-0.25, -0.2) is 4.79 Å². The van der Waals surface area contributed by atoms with Crippen LogP contribution in [0.2, 0.25) is 0 Å². The molecular weight excluding hydrogens is 318 g/mol. The van der Waals surface area contributed by atoms with Gasteiger partial charge in [-0.2, -0.15) is 0 Å². The van der Waals surface area contributed by atoms with Crippen molar-refractivity contribution in [3.63, 3.8) is 0 Å². The average molecular weight is 345 g/mol. The van der Waals surface area contributed by atoms with Crippen LogP contribution >= 0.6 is 0 Å². The molecule has 6 heteroatoms. The first-order valence-corrected chi connectivity index (χ1v) is 9.13. The molecule has 0 spiro atoms. The zero-order chi connectivity index (χ0) is 17.8. The highest BCUT2D eigenvalue weighted by Crippen LogP contribution is 2.25. The Morgan fingerprint density at radius 3 is 2.28 bits per heavy atom. The van der Waals surface area contributed by atoms with Crippen molar-refractivity contribution in [2.24, 2.45) is 5.92 Å². The Kier molecular flexibility index (Phi) is 5.46. The topological polar surface area (TPSA) is 72.9 Å². The Balaban J connectivity index is 1.46. The maximum absolute atomic E-state index is 12.5. The van der Waals surface area contributed by atoms with Crippen molar-refractivity contribution >= 4 is 17.7 Å². The van der Waals surface area contributed by atoms with Gasteiger partial charge in [-0.05, 0) is 44.2 Å². The number of hydrogen-bond donors (Lipinski definition) is 2. The summed E-state index contributed by atoms with van der Waals surface area (Å²) in [6.45, 7) is 5.21. The molecule has 1 aromatic rings. The highest BCUT2D eigenvalue weighted by Gasteiger charge is 2.28. The van der Waals surface area contributed by atoms with Crippen molar-refractivity contribution in [3.8, 4) is 0 Å². The zero-order valence-electron chi connectivity index (χ0n) is 14.8. The number of rotatable bonds is 3. The van der Waals surface area contributed by atoms with Gasteiger partial charge in [0.05, 0.1) is 5.92 Å². The van der Waals surface area contributed by atoms with Gasteiger partial charge in [0.25, 0.3) is 0 Å². The van der Waals surface area contributed by atoms with Crippen LogP contribution in [-0.4, -0.2) is 54.2 Å². The first-order valence-electron chi connectivity index (χ1n) is 9.13. The number of anilines is 1. The molecule has 2 amide bonds. The smallest absolute Gasteiger partial charge is 0.317 e. The highest BCUT2D eigenvalue weighted by molar-refractivity contribution is 5.75. The molecule has 1 aliphatic carbocycles. The van der Waals surface area contributed by atoms with Crippen LogP contribution < -0.4 is 10.2 Å². The molecule has 0 atom stereocenters. The van der Waals surface area contributed by atoms with E-state index < -0.39 is 5.97 Å². The minimum atomic E-state index is -0.711. The number of nitrogens with zero attached hydrogens (tertiary/aromatic N) is 2. The van der Waals surface area contributed by atoms with Crippen LogP contribution in [0.3, 0.4) is 0 Å². The third-order valence-corrected chi connectivity index (χ3v) is 5.43. The SMILES string of the molecule is Cc1ccccc1N1CCN(C(=O)NC2CCC(C(=O)O)CC2)CC1. The summed E-state index contributed by atoms with van der Waals surface area (Å²) in [7, 11) is 0. The molecule has 3 rings (SSSR count). The lowest BCUT2D eigenvalue weighted by atomic mass is 9.86. The number of carbonyl (C=O) groups excluding carboxylic acids is 1. The second-order valence-electron chi connectivity index (χ2n) is 7.10. The largest absolute Gasteiger partial charge is 0.481 e. The fourth-order valence-electron chi connectivity index (χ4n) is 3.82. The summed E-state index contributed by atoms with van der Waals surface area (Å²) in [5.41, 5.74) is 2.50. The first-order chi connectivity index (χ1) is 12.0. The highest BCUT2D eigenvalue weighted by atomic mass is 16.4. The number of carbonyl (C=O) groups is 2. The van der Waals surface area contributed by atoms with Crippen molar-refractivity contribution in [3.05, 3.63) is 29.8 Å². The number of para-hydroxylation sites is 1. The minimum absolute atomic E-state index is 0.0109.